The van der Waals surface area contributed by atoms with Crippen molar-refractivity contribution < 1.29 is 4.79 Å². The van der Waals surface area contributed by atoms with Crippen molar-refractivity contribution in [3.8, 4) is 0 Å². The summed E-state index contributed by atoms with van der Waals surface area (Å²) in [5.74, 6) is 0.140. The van der Waals surface area contributed by atoms with Gasteiger partial charge in [0.2, 0.25) is 5.91 Å². The van der Waals surface area contributed by atoms with Crippen LogP contribution in [0.4, 0.5) is 0 Å². The Morgan fingerprint density at radius 2 is 2.10 bits per heavy atom. The van der Waals surface area contributed by atoms with Gasteiger partial charge in [-0.15, -0.1) is 0 Å². The van der Waals surface area contributed by atoms with Gasteiger partial charge in [0.1, 0.15) is 6.54 Å². The van der Waals surface area contributed by atoms with Crippen molar-refractivity contribution in [1.82, 2.24) is 14.8 Å². The van der Waals surface area contributed by atoms with Crippen LogP contribution < -0.4 is 5.32 Å². The second-order valence-electron chi connectivity index (χ2n) is 5.78. The van der Waals surface area contributed by atoms with Gasteiger partial charge >= 0.3 is 0 Å². The number of amides is 1. The van der Waals surface area contributed by atoms with Crippen molar-refractivity contribution >= 4 is 16.8 Å². The Morgan fingerprint density at radius 1 is 1.33 bits per heavy atom. The van der Waals surface area contributed by atoms with Gasteiger partial charge in [-0.05, 0) is 30.0 Å². The van der Waals surface area contributed by atoms with Crippen molar-refractivity contribution in [2.24, 2.45) is 0 Å². The van der Waals surface area contributed by atoms with Crippen LogP contribution in [0, 0.1) is 0 Å². The van der Waals surface area contributed by atoms with Gasteiger partial charge in [-0.2, -0.15) is 0 Å². The van der Waals surface area contributed by atoms with Crippen LogP contribution in [-0.2, 0) is 17.9 Å². The summed E-state index contributed by atoms with van der Waals surface area (Å²) in [4.78, 5) is 13.8. The summed E-state index contributed by atoms with van der Waals surface area (Å²) in [6.45, 7) is 8.25. The number of carbonyl (C=O) groups excluding carboxylic acids is 1. The molecule has 1 aromatic heterocycles. The molecule has 21 heavy (non-hydrogen) atoms. The van der Waals surface area contributed by atoms with Crippen LogP contribution in [0.25, 0.3) is 10.9 Å². The molecule has 0 saturated carbocycles. The van der Waals surface area contributed by atoms with Crippen LogP contribution in [0.15, 0.2) is 30.5 Å². The topological polar surface area (TPSA) is 37.3 Å². The lowest BCUT2D eigenvalue weighted by molar-refractivity contribution is -0.130. The molecule has 0 aliphatic carbocycles. The van der Waals surface area contributed by atoms with E-state index < -0.39 is 0 Å². The van der Waals surface area contributed by atoms with E-state index in [1.807, 2.05) is 24.7 Å². The van der Waals surface area contributed by atoms with Crippen molar-refractivity contribution in [3.63, 3.8) is 0 Å². The summed E-state index contributed by atoms with van der Waals surface area (Å²) in [7, 11) is 1.84. The SMILES string of the molecule is CCN(C)C(=O)Cn1ccc2ccc(CNC(C)C)cc21. The summed E-state index contributed by atoms with van der Waals surface area (Å²) in [6, 6.07) is 8.96. The molecule has 0 unspecified atom stereocenters. The number of hydrogen-bond donors (Lipinski definition) is 1. The number of carbonyl (C=O) groups is 1. The zero-order valence-electron chi connectivity index (χ0n) is 13.4. The summed E-state index contributed by atoms with van der Waals surface area (Å²) in [5.41, 5.74) is 2.36. The predicted octanol–water partition coefficient (Wildman–Crippen LogP) is 2.62. The fraction of sp³-hybridized carbons (Fsp3) is 0.471. The second-order valence-corrected chi connectivity index (χ2v) is 5.78. The number of likely N-dealkylation sites (N-methyl/N-ethyl adjacent to an activating group) is 1. The highest BCUT2D eigenvalue weighted by Crippen LogP contribution is 2.18. The molecule has 1 heterocycles. The minimum Gasteiger partial charge on any atom is -0.344 e. The maximum absolute atomic E-state index is 12.1. The van der Waals surface area contributed by atoms with Gasteiger partial charge in [0.15, 0.2) is 0 Å². The van der Waals surface area contributed by atoms with E-state index >= 15 is 0 Å². The van der Waals surface area contributed by atoms with E-state index in [0.29, 0.717) is 12.6 Å². The molecule has 2 rings (SSSR count). The van der Waals surface area contributed by atoms with E-state index in [4.69, 9.17) is 0 Å². The van der Waals surface area contributed by atoms with Gasteiger partial charge < -0.3 is 14.8 Å². The van der Waals surface area contributed by atoms with Gasteiger partial charge in [-0.25, -0.2) is 0 Å². The standard InChI is InChI=1S/C17H25N3O/c1-5-19(4)17(21)12-20-9-8-15-7-6-14(10-16(15)20)11-18-13(2)3/h6-10,13,18H,5,11-12H2,1-4H3. The van der Waals surface area contributed by atoms with Crippen molar-refractivity contribution in [3.05, 3.63) is 36.0 Å². The smallest absolute Gasteiger partial charge is 0.242 e. The number of nitrogens with zero attached hydrogens (tertiary/aromatic N) is 2. The highest BCUT2D eigenvalue weighted by atomic mass is 16.2. The minimum atomic E-state index is 0.140. The second kappa shape index (κ2) is 6.76. The third-order valence-corrected chi connectivity index (χ3v) is 3.76. The van der Waals surface area contributed by atoms with Crippen LogP contribution in [0.5, 0.6) is 0 Å². The molecule has 0 atom stereocenters. The quantitative estimate of drug-likeness (QED) is 0.887. The predicted molar refractivity (Wildman–Crippen MR) is 87.2 cm³/mol. The number of fused-ring (bicyclic) bond motifs is 1. The Labute approximate surface area is 126 Å². The first kappa shape index (κ1) is 15.6. The maximum Gasteiger partial charge on any atom is 0.242 e. The van der Waals surface area contributed by atoms with Crippen molar-refractivity contribution in [1.29, 1.82) is 0 Å². The minimum absolute atomic E-state index is 0.140. The highest BCUT2D eigenvalue weighted by Gasteiger charge is 2.10. The molecule has 0 fully saturated rings. The Bertz CT molecular complexity index is 616. The van der Waals surface area contributed by atoms with E-state index in [-0.39, 0.29) is 5.91 Å². The first-order valence-corrected chi connectivity index (χ1v) is 7.56. The number of rotatable bonds is 6. The Balaban J connectivity index is 2.20. The molecule has 2 aromatic rings. The summed E-state index contributed by atoms with van der Waals surface area (Å²) in [5, 5.41) is 4.60. The summed E-state index contributed by atoms with van der Waals surface area (Å²) in [6.07, 6.45) is 1.99. The number of hydrogen-bond acceptors (Lipinski definition) is 2. The lowest BCUT2D eigenvalue weighted by Crippen LogP contribution is -2.29. The van der Waals surface area contributed by atoms with E-state index in [0.717, 1.165) is 18.6 Å². The first-order valence-electron chi connectivity index (χ1n) is 7.56. The third kappa shape index (κ3) is 3.85. The largest absolute Gasteiger partial charge is 0.344 e. The number of benzene rings is 1. The third-order valence-electron chi connectivity index (χ3n) is 3.76. The molecule has 1 aromatic carbocycles. The molecular formula is C17H25N3O. The van der Waals surface area contributed by atoms with E-state index in [1.54, 1.807) is 4.90 Å². The molecule has 0 saturated heterocycles. The lowest BCUT2D eigenvalue weighted by Gasteiger charge is -2.15. The molecule has 114 valence electrons. The molecule has 4 heteroatoms. The summed E-state index contributed by atoms with van der Waals surface area (Å²) >= 11 is 0. The molecule has 0 spiro atoms. The average molecular weight is 287 g/mol. The fourth-order valence-electron chi connectivity index (χ4n) is 2.24. The molecular weight excluding hydrogens is 262 g/mol. The normalized spacial score (nSPS) is 11.3. The van der Waals surface area contributed by atoms with Gasteiger partial charge in [0, 0.05) is 37.9 Å². The Morgan fingerprint density at radius 3 is 2.76 bits per heavy atom. The monoisotopic (exact) mass is 287 g/mol. The zero-order chi connectivity index (χ0) is 15.4. The molecule has 0 radical (unpaired) electrons. The molecule has 1 N–H and O–H groups in total. The lowest BCUT2D eigenvalue weighted by atomic mass is 10.1. The highest BCUT2D eigenvalue weighted by molar-refractivity contribution is 5.83. The van der Waals surface area contributed by atoms with Gasteiger partial charge in [0.05, 0.1) is 0 Å². The van der Waals surface area contributed by atoms with E-state index in [2.05, 4.69) is 43.4 Å². The zero-order valence-corrected chi connectivity index (χ0v) is 13.4. The van der Waals surface area contributed by atoms with Gasteiger partial charge in [0.25, 0.3) is 0 Å². The fourth-order valence-corrected chi connectivity index (χ4v) is 2.24. The molecule has 4 nitrogen and oxygen atoms in total. The Kier molecular flexibility index (Phi) is 5.02. The van der Waals surface area contributed by atoms with Crippen LogP contribution in [0.3, 0.4) is 0 Å². The molecule has 0 aliphatic rings. The van der Waals surface area contributed by atoms with Gasteiger partial charge in [-0.3, -0.25) is 4.79 Å². The van der Waals surface area contributed by atoms with Gasteiger partial charge in [-0.1, -0.05) is 26.0 Å². The van der Waals surface area contributed by atoms with Crippen molar-refractivity contribution in [2.45, 2.75) is 39.9 Å². The van der Waals surface area contributed by atoms with Crippen molar-refractivity contribution in [2.75, 3.05) is 13.6 Å². The van der Waals surface area contributed by atoms with Crippen LogP contribution in [0.1, 0.15) is 26.3 Å². The van der Waals surface area contributed by atoms with Crippen LogP contribution >= 0.6 is 0 Å². The van der Waals surface area contributed by atoms with E-state index in [9.17, 15) is 4.79 Å². The summed E-state index contributed by atoms with van der Waals surface area (Å²) < 4.78 is 2.03. The molecule has 0 bridgehead atoms. The average Bonchev–Trinajstić information content (AvgIpc) is 2.86. The maximum atomic E-state index is 12.1. The van der Waals surface area contributed by atoms with Crippen LogP contribution in [0.2, 0.25) is 0 Å². The number of nitrogens with one attached hydrogen (secondary N) is 1. The number of aromatic nitrogens is 1. The molecule has 0 aliphatic heterocycles. The Hall–Kier alpha value is -1.81. The molecule has 1 amide bonds. The first-order chi connectivity index (χ1) is 10.0. The van der Waals surface area contributed by atoms with Crippen LogP contribution in [-0.4, -0.2) is 35.0 Å². The van der Waals surface area contributed by atoms with E-state index in [1.165, 1.54) is 10.9 Å².